The van der Waals surface area contributed by atoms with Crippen LogP contribution in [0.15, 0.2) is 0 Å². The number of nitrogens with two attached hydrogens (primary N) is 1. The van der Waals surface area contributed by atoms with Gasteiger partial charge in [-0.3, -0.25) is 0 Å². The Morgan fingerprint density at radius 1 is 0.900 bits per heavy atom. The van der Waals surface area contributed by atoms with E-state index in [-0.39, 0.29) is 0 Å². The lowest BCUT2D eigenvalue weighted by Crippen LogP contribution is -2.48. The van der Waals surface area contributed by atoms with E-state index in [9.17, 15) is 0 Å². The van der Waals surface area contributed by atoms with Crippen molar-refractivity contribution in [1.29, 1.82) is 0 Å². The summed E-state index contributed by atoms with van der Waals surface area (Å²) in [6.07, 6.45) is 17.3. The van der Waals surface area contributed by atoms with Gasteiger partial charge in [0.15, 0.2) is 0 Å². The highest BCUT2D eigenvalue weighted by Crippen LogP contribution is 2.40. The Labute approximate surface area is 125 Å². The van der Waals surface area contributed by atoms with Gasteiger partial charge in [-0.2, -0.15) is 0 Å². The van der Waals surface area contributed by atoms with Crippen LogP contribution >= 0.6 is 0 Å². The molecule has 2 nitrogen and oxygen atoms in total. The summed E-state index contributed by atoms with van der Waals surface area (Å²) >= 11 is 0. The molecule has 1 saturated heterocycles. The molecule has 1 aliphatic heterocycles. The van der Waals surface area contributed by atoms with Crippen LogP contribution in [0.25, 0.3) is 0 Å². The summed E-state index contributed by atoms with van der Waals surface area (Å²) in [5, 5.41) is 0. The van der Waals surface area contributed by atoms with E-state index in [0.29, 0.717) is 5.41 Å². The summed E-state index contributed by atoms with van der Waals surface area (Å²) in [6, 6.07) is 0.927. The number of piperidine rings is 1. The van der Waals surface area contributed by atoms with Gasteiger partial charge in [-0.25, -0.2) is 0 Å². The molecule has 0 unspecified atom stereocenters. The fourth-order valence-electron chi connectivity index (χ4n) is 5.24. The summed E-state index contributed by atoms with van der Waals surface area (Å²) in [7, 11) is 0. The first-order chi connectivity index (χ1) is 9.83. The largest absolute Gasteiger partial charge is 0.330 e. The summed E-state index contributed by atoms with van der Waals surface area (Å²) in [6.45, 7) is 3.62. The summed E-state index contributed by atoms with van der Waals surface area (Å²) in [5.41, 5.74) is 6.67. The zero-order valence-electron chi connectivity index (χ0n) is 13.3. The van der Waals surface area contributed by atoms with Crippen LogP contribution in [0.3, 0.4) is 0 Å². The number of likely N-dealkylation sites (tertiary alicyclic amines) is 1. The van der Waals surface area contributed by atoms with Gasteiger partial charge in [0.25, 0.3) is 0 Å². The van der Waals surface area contributed by atoms with Gasteiger partial charge in [0.05, 0.1) is 0 Å². The van der Waals surface area contributed by atoms with Gasteiger partial charge in [-0.05, 0) is 75.9 Å². The van der Waals surface area contributed by atoms with Crippen molar-refractivity contribution in [2.75, 3.05) is 19.6 Å². The lowest BCUT2D eigenvalue weighted by atomic mass is 9.71. The molecule has 2 heteroatoms. The molecule has 116 valence electrons. The second kappa shape index (κ2) is 6.79. The highest BCUT2D eigenvalue weighted by atomic mass is 15.2. The number of nitrogens with zero attached hydrogens (tertiary/aromatic N) is 1. The number of rotatable bonds is 4. The monoisotopic (exact) mass is 278 g/mol. The molecule has 0 radical (unpaired) electrons. The Morgan fingerprint density at radius 2 is 1.65 bits per heavy atom. The fraction of sp³-hybridized carbons (Fsp3) is 1.00. The minimum atomic E-state index is 0.500. The van der Waals surface area contributed by atoms with Crippen LogP contribution < -0.4 is 5.73 Å². The van der Waals surface area contributed by atoms with Gasteiger partial charge in [0, 0.05) is 6.04 Å². The van der Waals surface area contributed by atoms with E-state index in [1.54, 1.807) is 0 Å². The third-order valence-corrected chi connectivity index (χ3v) is 6.63. The first-order valence-electron chi connectivity index (χ1n) is 9.27. The Morgan fingerprint density at radius 3 is 2.45 bits per heavy atom. The molecule has 0 spiro atoms. The zero-order valence-corrected chi connectivity index (χ0v) is 13.3. The quantitative estimate of drug-likeness (QED) is 0.844. The van der Waals surface area contributed by atoms with Gasteiger partial charge < -0.3 is 10.6 Å². The number of fused-ring (bicyclic) bond motifs is 1. The molecule has 0 aromatic heterocycles. The maximum atomic E-state index is 6.17. The molecule has 0 amide bonds. The van der Waals surface area contributed by atoms with Crippen LogP contribution in [-0.4, -0.2) is 30.6 Å². The molecule has 2 atom stereocenters. The van der Waals surface area contributed by atoms with Crippen molar-refractivity contribution in [3.05, 3.63) is 0 Å². The molecule has 2 aliphatic carbocycles. The smallest absolute Gasteiger partial charge is 0.0123 e. The van der Waals surface area contributed by atoms with Crippen molar-refractivity contribution < 1.29 is 0 Å². The van der Waals surface area contributed by atoms with E-state index in [4.69, 9.17) is 5.73 Å². The molecule has 2 N–H and O–H groups in total. The van der Waals surface area contributed by atoms with E-state index >= 15 is 0 Å². The van der Waals surface area contributed by atoms with Crippen molar-refractivity contribution in [2.24, 2.45) is 17.1 Å². The standard InChI is InChI=1S/C18H34N2/c19-15-18(10-4-1-5-11-18)12-14-20-13-6-8-16-7-2-3-9-17(16)20/h16-17H,1-15,19H2/t16-,17-/m1/s1. The third kappa shape index (κ3) is 3.22. The van der Waals surface area contributed by atoms with Crippen LogP contribution in [-0.2, 0) is 0 Å². The summed E-state index contributed by atoms with van der Waals surface area (Å²) < 4.78 is 0. The topological polar surface area (TPSA) is 29.3 Å². The molecular formula is C18H34N2. The van der Waals surface area contributed by atoms with Crippen molar-refractivity contribution >= 4 is 0 Å². The van der Waals surface area contributed by atoms with Gasteiger partial charge >= 0.3 is 0 Å². The molecule has 0 bridgehead atoms. The lowest BCUT2D eigenvalue weighted by Gasteiger charge is -2.46. The summed E-state index contributed by atoms with van der Waals surface area (Å²) in [5.74, 6) is 1.03. The summed E-state index contributed by atoms with van der Waals surface area (Å²) in [4.78, 5) is 2.86. The number of hydrogen-bond acceptors (Lipinski definition) is 2. The first kappa shape index (κ1) is 14.8. The highest BCUT2D eigenvalue weighted by molar-refractivity contribution is 4.90. The predicted molar refractivity (Wildman–Crippen MR) is 85.7 cm³/mol. The molecule has 0 aromatic rings. The molecule has 20 heavy (non-hydrogen) atoms. The van der Waals surface area contributed by atoms with Crippen molar-refractivity contribution in [2.45, 2.75) is 83.1 Å². The van der Waals surface area contributed by atoms with Crippen molar-refractivity contribution in [3.8, 4) is 0 Å². The normalized spacial score (nSPS) is 34.6. The van der Waals surface area contributed by atoms with Crippen LogP contribution in [0.1, 0.15) is 77.0 Å². The van der Waals surface area contributed by atoms with Crippen LogP contribution in [0.5, 0.6) is 0 Å². The van der Waals surface area contributed by atoms with E-state index in [2.05, 4.69) is 4.90 Å². The van der Waals surface area contributed by atoms with Gasteiger partial charge in [-0.1, -0.05) is 32.1 Å². The first-order valence-corrected chi connectivity index (χ1v) is 9.27. The second-order valence-corrected chi connectivity index (χ2v) is 7.80. The minimum Gasteiger partial charge on any atom is -0.330 e. The lowest BCUT2D eigenvalue weighted by molar-refractivity contribution is 0.0429. The maximum absolute atomic E-state index is 6.17. The van der Waals surface area contributed by atoms with Crippen LogP contribution in [0, 0.1) is 11.3 Å². The number of hydrogen-bond donors (Lipinski definition) is 1. The molecule has 0 aromatic carbocycles. The average molecular weight is 278 g/mol. The highest BCUT2D eigenvalue weighted by Gasteiger charge is 2.35. The second-order valence-electron chi connectivity index (χ2n) is 7.80. The van der Waals surface area contributed by atoms with E-state index in [1.165, 1.54) is 90.1 Å². The fourth-order valence-corrected chi connectivity index (χ4v) is 5.24. The van der Waals surface area contributed by atoms with Gasteiger partial charge in [0.1, 0.15) is 0 Å². The molecule has 1 heterocycles. The predicted octanol–water partition coefficient (Wildman–Crippen LogP) is 3.94. The Bertz CT molecular complexity index is 294. The third-order valence-electron chi connectivity index (χ3n) is 6.63. The Hall–Kier alpha value is -0.0800. The van der Waals surface area contributed by atoms with Crippen molar-refractivity contribution in [1.82, 2.24) is 4.90 Å². The molecule has 3 rings (SSSR count). The van der Waals surface area contributed by atoms with Crippen LogP contribution in [0.4, 0.5) is 0 Å². The average Bonchev–Trinajstić information content (AvgIpc) is 2.54. The Kier molecular flexibility index (Phi) is 5.04. The van der Waals surface area contributed by atoms with Gasteiger partial charge in [-0.15, -0.1) is 0 Å². The molecular weight excluding hydrogens is 244 g/mol. The van der Waals surface area contributed by atoms with Crippen LogP contribution in [0.2, 0.25) is 0 Å². The van der Waals surface area contributed by atoms with Gasteiger partial charge in [0.2, 0.25) is 0 Å². The molecule has 3 aliphatic rings. The van der Waals surface area contributed by atoms with Crippen molar-refractivity contribution in [3.63, 3.8) is 0 Å². The van der Waals surface area contributed by atoms with E-state index in [1.807, 2.05) is 0 Å². The molecule has 3 fully saturated rings. The molecule has 2 saturated carbocycles. The van der Waals surface area contributed by atoms with E-state index in [0.717, 1.165) is 18.5 Å². The minimum absolute atomic E-state index is 0.500. The maximum Gasteiger partial charge on any atom is 0.0123 e. The zero-order chi connectivity index (χ0) is 13.8. The SMILES string of the molecule is NCC1(CCN2CCC[C@H]3CCCC[C@H]32)CCCCC1. The Balaban J connectivity index is 1.56. The van der Waals surface area contributed by atoms with E-state index < -0.39 is 0 Å².